The highest BCUT2D eigenvalue weighted by Gasteiger charge is 1.92. The SMILES string of the molecule is CCCCOc1cc[c]o1. The fourth-order valence-corrected chi connectivity index (χ4v) is 0.623. The molecule has 0 aliphatic rings. The lowest BCUT2D eigenvalue weighted by molar-refractivity contribution is 0.237. The Hall–Kier alpha value is -0.920. The second kappa shape index (κ2) is 3.99. The van der Waals surface area contributed by atoms with Gasteiger partial charge in [-0.25, -0.2) is 0 Å². The second-order valence-electron chi connectivity index (χ2n) is 2.07. The number of rotatable bonds is 4. The van der Waals surface area contributed by atoms with Crippen molar-refractivity contribution in [2.24, 2.45) is 0 Å². The zero-order valence-electron chi connectivity index (χ0n) is 6.09. The van der Waals surface area contributed by atoms with Gasteiger partial charge in [0.25, 0.3) is 5.95 Å². The summed E-state index contributed by atoms with van der Waals surface area (Å²) in [5.74, 6) is 0.563. The average Bonchev–Trinajstić information content (AvgIpc) is 2.41. The molecule has 0 aromatic carbocycles. The minimum Gasteiger partial charge on any atom is -0.465 e. The number of furan rings is 1. The summed E-state index contributed by atoms with van der Waals surface area (Å²) in [7, 11) is 0. The summed E-state index contributed by atoms with van der Waals surface area (Å²) in [6.07, 6.45) is 4.77. The van der Waals surface area contributed by atoms with Gasteiger partial charge in [-0.15, -0.1) is 0 Å². The molecule has 0 atom stereocenters. The van der Waals surface area contributed by atoms with E-state index in [4.69, 9.17) is 9.15 Å². The molecule has 0 unspecified atom stereocenters. The van der Waals surface area contributed by atoms with Gasteiger partial charge >= 0.3 is 0 Å². The molecule has 55 valence electrons. The average molecular weight is 139 g/mol. The first-order chi connectivity index (χ1) is 4.93. The van der Waals surface area contributed by atoms with E-state index in [0.717, 1.165) is 19.4 Å². The van der Waals surface area contributed by atoms with Crippen LogP contribution in [-0.4, -0.2) is 6.61 Å². The van der Waals surface area contributed by atoms with E-state index in [0.29, 0.717) is 5.95 Å². The Bertz CT molecular complexity index is 156. The van der Waals surface area contributed by atoms with Crippen molar-refractivity contribution in [1.82, 2.24) is 0 Å². The first-order valence-corrected chi connectivity index (χ1v) is 3.52. The third-order valence-corrected chi connectivity index (χ3v) is 1.19. The molecule has 1 aromatic heterocycles. The van der Waals surface area contributed by atoms with Crippen molar-refractivity contribution in [1.29, 1.82) is 0 Å². The van der Waals surface area contributed by atoms with Gasteiger partial charge in [0.1, 0.15) is 0 Å². The highest BCUT2D eigenvalue weighted by Crippen LogP contribution is 2.09. The lowest BCUT2D eigenvalue weighted by Crippen LogP contribution is -1.94. The Labute approximate surface area is 60.8 Å². The maximum absolute atomic E-state index is 5.19. The summed E-state index contributed by atoms with van der Waals surface area (Å²) < 4.78 is 10.0. The van der Waals surface area contributed by atoms with Crippen LogP contribution in [-0.2, 0) is 0 Å². The van der Waals surface area contributed by atoms with Crippen LogP contribution in [0.3, 0.4) is 0 Å². The Balaban J connectivity index is 2.15. The van der Waals surface area contributed by atoms with Gasteiger partial charge in [-0.3, -0.25) is 0 Å². The summed E-state index contributed by atoms with van der Waals surface area (Å²) in [4.78, 5) is 0. The smallest absolute Gasteiger partial charge is 0.284 e. The molecule has 0 amide bonds. The van der Waals surface area contributed by atoms with Gasteiger partial charge in [0.05, 0.1) is 6.61 Å². The monoisotopic (exact) mass is 139 g/mol. The maximum Gasteiger partial charge on any atom is 0.284 e. The number of hydrogen-bond acceptors (Lipinski definition) is 2. The predicted octanol–water partition coefficient (Wildman–Crippen LogP) is 2.26. The molecule has 0 aliphatic carbocycles. The minimum absolute atomic E-state index is 0.563. The van der Waals surface area contributed by atoms with Crippen molar-refractivity contribution in [3.05, 3.63) is 18.4 Å². The third-order valence-electron chi connectivity index (χ3n) is 1.19. The molecule has 0 fully saturated rings. The van der Waals surface area contributed by atoms with Crippen LogP contribution in [0.4, 0.5) is 0 Å². The molecule has 1 radical (unpaired) electrons. The van der Waals surface area contributed by atoms with E-state index >= 15 is 0 Å². The summed E-state index contributed by atoms with van der Waals surface area (Å²) in [5, 5.41) is 0. The van der Waals surface area contributed by atoms with Gasteiger partial charge in [-0.05, 0) is 12.5 Å². The van der Waals surface area contributed by atoms with Gasteiger partial charge in [0.15, 0.2) is 6.26 Å². The molecule has 0 N–H and O–H groups in total. The molecule has 0 saturated carbocycles. The van der Waals surface area contributed by atoms with Crippen LogP contribution >= 0.6 is 0 Å². The van der Waals surface area contributed by atoms with E-state index in [1.165, 1.54) is 0 Å². The van der Waals surface area contributed by atoms with Crippen molar-refractivity contribution in [3.63, 3.8) is 0 Å². The fraction of sp³-hybridized carbons (Fsp3) is 0.500. The fourth-order valence-electron chi connectivity index (χ4n) is 0.623. The Morgan fingerprint density at radius 1 is 1.70 bits per heavy atom. The normalized spacial score (nSPS) is 9.70. The van der Waals surface area contributed by atoms with Gasteiger partial charge in [-0.1, -0.05) is 13.3 Å². The molecule has 10 heavy (non-hydrogen) atoms. The van der Waals surface area contributed by atoms with Crippen molar-refractivity contribution < 1.29 is 9.15 Å². The van der Waals surface area contributed by atoms with Crippen molar-refractivity contribution in [3.8, 4) is 5.95 Å². The molecule has 2 nitrogen and oxygen atoms in total. The molecule has 1 rings (SSSR count). The predicted molar refractivity (Wildman–Crippen MR) is 37.9 cm³/mol. The standard InChI is InChI=1S/C8H11O2/c1-2-3-6-9-8-5-4-7-10-8/h4-5H,2-3,6H2,1H3. The highest BCUT2D eigenvalue weighted by molar-refractivity contribution is 5.02. The molecule has 0 bridgehead atoms. The molecule has 0 spiro atoms. The van der Waals surface area contributed by atoms with Gasteiger partial charge in [0.2, 0.25) is 0 Å². The Morgan fingerprint density at radius 3 is 3.20 bits per heavy atom. The molecular weight excluding hydrogens is 128 g/mol. The topological polar surface area (TPSA) is 22.4 Å². The molecular formula is C8H11O2. The first-order valence-electron chi connectivity index (χ1n) is 3.52. The van der Waals surface area contributed by atoms with Gasteiger partial charge in [-0.2, -0.15) is 0 Å². The van der Waals surface area contributed by atoms with Crippen molar-refractivity contribution >= 4 is 0 Å². The summed E-state index contributed by atoms with van der Waals surface area (Å²) in [6, 6.07) is 3.46. The van der Waals surface area contributed by atoms with Gasteiger partial charge < -0.3 is 9.15 Å². The zero-order chi connectivity index (χ0) is 7.23. The van der Waals surface area contributed by atoms with Gasteiger partial charge in [0, 0.05) is 6.07 Å². The van der Waals surface area contributed by atoms with Crippen LogP contribution < -0.4 is 4.74 Å². The molecule has 1 heterocycles. The van der Waals surface area contributed by atoms with Crippen LogP contribution in [0.25, 0.3) is 0 Å². The third kappa shape index (κ3) is 2.13. The number of hydrogen-bond donors (Lipinski definition) is 0. The van der Waals surface area contributed by atoms with E-state index in [-0.39, 0.29) is 0 Å². The van der Waals surface area contributed by atoms with E-state index in [9.17, 15) is 0 Å². The van der Waals surface area contributed by atoms with Crippen LogP contribution in [0, 0.1) is 6.26 Å². The lowest BCUT2D eigenvalue weighted by atomic mass is 10.4. The number of ether oxygens (including phenoxy) is 1. The quantitative estimate of drug-likeness (QED) is 0.597. The minimum atomic E-state index is 0.563. The maximum atomic E-state index is 5.19. The van der Waals surface area contributed by atoms with E-state index in [1.54, 1.807) is 12.1 Å². The summed E-state index contributed by atoms with van der Waals surface area (Å²) >= 11 is 0. The van der Waals surface area contributed by atoms with Crippen LogP contribution in [0.2, 0.25) is 0 Å². The summed E-state index contributed by atoms with van der Waals surface area (Å²) in [5.41, 5.74) is 0. The Morgan fingerprint density at radius 2 is 2.60 bits per heavy atom. The highest BCUT2D eigenvalue weighted by atomic mass is 16.6. The summed E-state index contributed by atoms with van der Waals surface area (Å²) in [6.45, 7) is 2.86. The van der Waals surface area contributed by atoms with Crippen LogP contribution in [0.5, 0.6) is 5.95 Å². The number of unbranched alkanes of at least 4 members (excludes halogenated alkanes) is 1. The van der Waals surface area contributed by atoms with E-state index < -0.39 is 0 Å². The zero-order valence-corrected chi connectivity index (χ0v) is 6.09. The van der Waals surface area contributed by atoms with Crippen molar-refractivity contribution in [2.75, 3.05) is 6.61 Å². The molecule has 0 aliphatic heterocycles. The molecule has 0 saturated heterocycles. The van der Waals surface area contributed by atoms with Crippen molar-refractivity contribution in [2.45, 2.75) is 19.8 Å². The molecule has 1 aromatic rings. The first kappa shape index (κ1) is 7.19. The lowest BCUT2D eigenvalue weighted by Gasteiger charge is -1.98. The van der Waals surface area contributed by atoms with Crippen LogP contribution in [0.15, 0.2) is 16.5 Å². The van der Waals surface area contributed by atoms with Crippen LogP contribution in [0.1, 0.15) is 19.8 Å². The second-order valence-corrected chi connectivity index (χ2v) is 2.07. The molecule has 2 heteroatoms. The Kier molecular flexibility index (Phi) is 2.87. The van der Waals surface area contributed by atoms with E-state index in [2.05, 4.69) is 13.2 Å². The largest absolute Gasteiger partial charge is 0.465 e. The van der Waals surface area contributed by atoms with E-state index in [1.807, 2.05) is 0 Å².